The number of nitrogens with zero attached hydrogens (tertiary/aromatic N) is 1. The zero-order chi connectivity index (χ0) is 15.4. The maximum atomic E-state index is 13.5. The molecule has 1 N–H and O–H groups in total. The van der Waals surface area contributed by atoms with Crippen molar-refractivity contribution in [3.8, 4) is 11.8 Å². The molecule has 2 aromatic carbocycles. The maximum absolute atomic E-state index is 13.5. The van der Waals surface area contributed by atoms with E-state index >= 15 is 0 Å². The van der Waals surface area contributed by atoms with Crippen molar-refractivity contribution in [2.45, 2.75) is 6.54 Å². The van der Waals surface area contributed by atoms with Crippen molar-refractivity contribution >= 4 is 5.69 Å². The van der Waals surface area contributed by atoms with Gasteiger partial charge in [-0.05, 0) is 17.7 Å². The summed E-state index contributed by atoms with van der Waals surface area (Å²) in [5, 5.41) is 11.6. The van der Waals surface area contributed by atoms with Gasteiger partial charge in [-0.3, -0.25) is 0 Å². The summed E-state index contributed by atoms with van der Waals surface area (Å²) >= 11 is 0. The molecule has 0 saturated heterocycles. The normalized spacial score (nSPS) is 10.0. The van der Waals surface area contributed by atoms with Crippen LogP contribution in [-0.4, -0.2) is 7.11 Å². The van der Waals surface area contributed by atoms with Crippen molar-refractivity contribution < 1.29 is 17.9 Å². The van der Waals surface area contributed by atoms with Crippen LogP contribution in [0.5, 0.6) is 5.75 Å². The number of nitrogens with one attached hydrogen (secondary N) is 1. The molecule has 2 rings (SSSR count). The highest BCUT2D eigenvalue weighted by Crippen LogP contribution is 2.21. The van der Waals surface area contributed by atoms with Crippen LogP contribution in [-0.2, 0) is 6.54 Å². The van der Waals surface area contributed by atoms with Gasteiger partial charge in [0.05, 0.1) is 18.4 Å². The van der Waals surface area contributed by atoms with Crippen LogP contribution in [0.3, 0.4) is 0 Å². The fourth-order valence-electron chi connectivity index (χ4n) is 1.81. The molecule has 0 amide bonds. The minimum atomic E-state index is -1.24. The Balaban J connectivity index is 2.17. The second-order valence-corrected chi connectivity index (χ2v) is 4.25. The molecule has 6 heteroatoms. The van der Waals surface area contributed by atoms with E-state index in [2.05, 4.69) is 5.32 Å². The van der Waals surface area contributed by atoms with Gasteiger partial charge in [0.1, 0.15) is 17.6 Å². The SMILES string of the molecule is COc1ccc(CNc2cc(F)c(F)cc2F)cc1C#N. The van der Waals surface area contributed by atoms with Crippen LogP contribution in [0.25, 0.3) is 0 Å². The summed E-state index contributed by atoms with van der Waals surface area (Å²) < 4.78 is 44.3. The van der Waals surface area contributed by atoms with Gasteiger partial charge in [-0.2, -0.15) is 5.26 Å². The lowest BCUT2D eigenvalue weighted by Crippen LogP contribution is -2.03. The van der Waals surface area contributed by atoms with Crippen LogP contribution >= 0.6 is 0 Å². The van der Waals surface area contributed by atoms with Gasteiger partial charge in [0, 0.05) is 18.7 Å². The summed E-state index contributed by atoms with van der Waals surface area (Å²) in [6, 6.07) is 8.07. The lowest BCUT2D eigenvalue weighted by Gasteiger charge is -2.10. The fraction of sp³-hybridized carbons (Fsp3) is 0.133. The van der Waals surface area contributed by atoms with Gasteiger partial charge in [0.2, 0.25) is 0 Å². The largest absolute Gasteiger partial charge is 0.495 e. The molecule has 2 aromatic rings. The molecule has 0 aliphatic carbocycles. The molecule has 0 bridgehead atoms. The van der Waals surface area contributed by atoms with Gasteiger partial charge in [0.15, 0.2) is 11.6 Å². The number of rotatable bonds is 4. The number of hydrogen-bond donors (Lipinski definition) is 1. The van der Waals surface area contributed by atoms with E-state index in [1.807, 2.05) is 6.07 Å². The van der Waals surface area contributed by atoms with Gasteiger partial charge < -0.3 is 10.1 Å². The smallest absolute Gasteiger partial charge is 0.161 e. The number of benzene rings is 2. The van der Waals surface area contributed by atoms with Crippen LogP contribution in [0.15, 0.2) is 30.3 Å². The third kappa shape index (κ3) is 3.26. The zero-order valence-corrected chi connectivity index (χ0v) is 11.1. The predicted molar refractivity (Wildman–Crippen MR) is 71.4 cm³/mol. The van der Waals surface area contributed by atoms with Crippen LogP contribution in [0, 0.1) is 28.8 Å². The lowest BCUT2D eigenvalue weighted by molar-refractivity contribution is 0.413. The van der Waals surface area contributed by atoms with Gasteiger partial charge >= 0.3 is 0 Å². The molecule has 0 fully saturated rings. The standard InChI is InChI=1S/C15H11F3N2O/c1-21-15-3-2-9(4-10(15)7-19)8-20-14-6-12(17)11(16)5-13(14)18/h2-6,20H,8H2,1H3. The second kappa shape index (κ2) is 6.18. The molecule has 0 unspecified atom stereocenters. The first-order chi connectivity index (χ1) is 10.0. The molecular formula is C15H11F3N2O. The van der Waals surface area contributed by atoms with Gasteiger partial charge in [0.25, 0.3) is 0 Å². The van der Waals surface area contributed by atoms with E-state index in [-0.39, 0.29) is 12.2 Å². The van der Waals surface area contributed by atoms with Crippen molar-refractivity contribution in [3.05, 3.63) is 58.9 Å². The minimum absolute atomic E-state index is 0.150. The Morgan fingerprint density at radius 2 is 1.81 bits per heavy atom. The Hall–Kier alpha value is -2.68. The first-order valence-corrected chi connectivity index (χ1v) is 6.00. The predicted octanol–water partition coefficient (Wildman–Crippen LogP) is 3.60. The molecule has 0 heterocycles. The third-order valence-electron chi connectivity index (χ3n) is 2.88. The number of nitriles is 1. The van der Waals surface area contributed by atoms with E-state index < -0.39 is 17.5 Å². The van der Waals surface area contributed by atoms with Crippen molar-refractivity contribution in [1.29, 1.82) is 5.26 Å². The van der Waals surface area contributed by atoms with Gasteiger partial charge in [-0.15, -0.1) is 0 Å². The van der Waals surface area contributed by atoms with Crippen molar-refractivity contribution in [3.63, 3.8) is 0 Å². The number of ether oxygens (including phenoxy) is 1. The first-order valence-electron chi connectivity index (χ1n) is 6.00. The number of halogens is 3. The molecule has 0 aromatic heterocycles. The highest BCUT2D eigenvalue weighted by molar-refractivity contribution is 5.48. The van der Waals surface area contributed by atoms with E-state index in [4.69, 9.17) is 10.00 Å². The molecular weight excluding hydrogens is 281 g/mol. The molecule has 3 nitrogen and oxygen atoms in total. The average molecular weight is 292 g/mol. The zero-order valence-electron chi connectivity index (χ0n) is 11.1. The molecule has 108 valence electrons. The Kier molecular flexibility index (Phi) is 4.33. The van der Waals surface area contributed by atoms with E-state index in [1.165, 1.54) is 7.11 Å². The molecule has 21 heavy (non-hydrogen) atoms. The van der Waals surface area contributed by atoms with E-state index in [0.717, 1.165) is 6.07 Å². The summed E-state index contributed by atoms with van der Waals surface area (Å²) in [6.07, 6.45) is 0. The quantitative estimate of drug-likeness (QED) is 0.876. The molecule has 0 aliphatic rings. The Labute approximate surface area is 119 Å². The summed E-state index contributed by atoms with van der Waals surface area (Å²) in [6.45, 7) is 0.153. The second-order valence-electron chi connectivity index (χ2n) is 4.25. The summed E-state index contributed by atoms with van der Waals surface area (Å²) in [5.41, 5.74) is 0.863. The molecule has 0 saturated carbocycles. The van der Waals surface area contributed by atoms with Crippen LogP contribution < -0.4 is 10.1 Å². The monoisotopic (exact) mass is 292 g/mol. The lowest BCUT2D eigenvalue weighted by atomic mass is 10.1. The first kappa shape index (κ1) is 14.7. The highest BCUT2D eigenvalue weighted by Gasteiger charge is 2.10. The van der Waals surface area contributed by atoms with Crippen LogP contribution in [0.4, 0.5) is 18.9 Å². The van der Waals surface area contributed by atoms with E-state index in [9.17, 15) is 13.2 Å². The van der Waals surface area contributed by atoms with Crippen molar-refractivity contribution in [2.75, 3.05) is 12.4 Å². The minimum Gasteiger partial charge on any atom is -0.495 e. The maximum Gasteiger partial charge on any atom is 0.161 e. The average Bonchev–Trinajstić information content (AvgIpc) is 2.49. The summed E-state index contributed by atoms with van der Waals surface area (Å²) in [5.74, 6) is -2.83. The summed E-state index contributed by atoms with van der Waals surface area (Å²) in [4.78, 5) is 0. The van der Waals surface area contributed by atoms with Gasteiger partial charge in [-0.1, -0.05) is 6.07 Å². The topological polar surface area (TPSA) is 45.0 Å². The fourth-order valence-corrected chi connectivity index (χ4v) is 1.81. The summed E-state index contributed by atoms with van der Waals surface area (Å²) in [7, 11) is 1.45. The van der Waals surface area contributed by atoms with Crippen LogP contribution in [0.1, 0.15) is 11.1 Å². The number of anilines is 1. The molecule has 0 atom stereocenters. The molecule has 0 spiro atoms. The van der Waals surface area contributed by atoms with E-state index in [1.54, 1.807) is 18.2 Å². The van der Waals surface area contributed by atoms with Crippen LogP contribution in [0.2, 0.25) is 0 Å². The molecule has 0 aliphatic heterocycles. The van der Waals surface area contributed by atoms with Gasteiger partial charge in [-0.25, -0.2) is 13.2 Å². The number of methoxy groups -OCH3 is 1. The highest BCUT2D eigenvalue weighted by atomic mass is 19.2. The van der Waals surface area contributed by atoms with Crippen molar-refractivity contribution in [2.24, 2.45) is 0 Å². The Morgan fingerprint density at radius 1 is 1.10 bits per heavy atom. The number of hydrogen-bond acceptors (Lipinski definition) is 3. The van der Waals surface area contributed by atoms with Crippen molar-refractivity contribution in [1.82, 2.24) is 0 Å². The Bertz CT molecular complexity index is 711. The van der Waals surface area contributed by atoms with E-state index in [0.29, 0.717) is 22.9 Å². The molecule has 0 radical (unpaired) electrons. The third-order valence-corrected chi connectivity index (χ3v) is 2.88. The Morgan fingerprint density at radius 3 is 2.48 bits per heavy atom.